The maximum absolute atomic E-state index is 12.0. The molecule has 2 nitrogen and oxygen atoms in total. The number of hydrogen-bond donors (Lipinski definition) is 0. The third kappa shape index (κ3) is 1.95. The van der Waals surface area contributed by atoms with Gasteiger partial charge in [0.1, 0.15) is 0 Å². The van der Waals surface area contributed by atoms with E-state index < -0.39 is 0 Å². The first-order valence-corrected chi connectivity index (χ1v) is 7.53. The molecule has 0 radical (unpaired) electrons. The predicted octanol–water partition coefficient (Wildman–Crippen LogP) is 3.43. The Balaban J connectivity index is 1.91. The fraction of sp³-hybridized carbons (Fsp3) is 0.462. The molecule has 1 aromatic rings. The van der Waals surface area contributed by atoms with Crippen LogP contribution in [-0.2, 0) is 10.3 Å². The number of amides is 1. The van der Waals surface area contributed by atoms with Crippen molar-refractivity contribution in [3.8, 4) is 0 Å². The van der Waals surface area contributed by atoms with E-state index in [0.717, 1.165) is 23.9 Å². The van der Waals surface area contributed by atoms with Crippen molar-refractivity contribution < 1.29 is 4.79 Å². The zero-order valence-corrected chi connectivity index (χ0v) is 12.5. The standard InChI is InChI=1S/C13H13Br2NO/c14-10-3-1-9(2-4-10)13(5-6-13)16-8-11(15)7-12(16)17/h1-4,11H,5-8H2. The monoisotopic (exact) mass is 357 g/mol. The molecule has 3 rings (SSSR count). The molecule has 0 bridgehead atoms. The van der Waals surface area contributed by atoms with Crippen LogP contribution in [0.5, 0.6) is 0 Å². The lowest BCUT2D eigenvalue weighted by molar-refractivity contribution is -0.130. The molecule has 1 atom stereocenters. The number of halogens is 2. The third-order valence-corrected chi connectivity index (χ3v) is 4.84. The van der Waals surface area contributed by atoms with Crippen molar-refractivity contribution >= 4 is 37.8 Å². The number of hydrogen-bond acceptors (Lipinski definition) is 1. The van der Waals surface area contributed by atoms with Gasteiger partial charge in [-0.15, -0.1) is 0 Å². The molecule has 1 amide bonds. The summed E-state index contributed by atoms with van der Waals surface area (Å²) in [5.74, 6) is 0.285. The summed E-state index contributed by atoms with van der Waals surface area (Å²) in [6.45, 7) is 0.842. The maximum Gasteiger partial charge on any atom is 0.224 e. The van der Waals surface area contributed by atoms with Crippen LogP contribution in [0, 0.1) is 0 Å². The Kier molecular flexibility index (Phi) is 2.82. The van der Waals surface area contributed by atoms with Gasteiger partial charge in [0, 0.05) is 22.3 Å². The summed E-state index contributed by atoms with van der Waals surface area (Å²) in [5, 5.41) is 0. The normalized spacial score (nSPS) is 26.4. The molecule has 1 heterocycles. The Labute approximate surface area is 118 Å². The molecule has 1 saturated heterocycles. The van der Waals surface area contributed by atoms with Gasteiger partial charge in [0.2, 0.25) is 5.91 Å². The lowest BCUT2D eigenvalue weighted by atomic mass is 10.0. The molecule has 4 heteroatoms. The van der Waals surface area contributed by atoms with E-state index in [1.165, 1.54) is 5.56 Å². The first-order chi connectivity index (χ1) is 8.12. The van der Waals surface area contributed by atoms with Crippen LogP contribution >= 0.6 is 31.9 Å². The van der Waals surface area contributed by atoms with Crippen molar-refractivity contribution in [3.05, 3.63) is 34.3 Å². The average molecular weight is 359 g/mol. The van der Waals surface area contributed by atoms with Crippen LogP contribution in [0.15, 0.2) is 28.7 Å². The highest BCUT2D eigenvalue weighted by molar-refractivity contribution is 9.10. The minimum absolute atomic E-state index is 0.000301. The second-order valence-electron chi connectivity index (χ2n) is 4.84. The van der Waals surface area contributed by atoms with E-state index in [1.807, 2.05) is 0 Å². The van der Waals surface area contributed by atoms with Crippen molar-refractivity contribution in [2.75, 3.05) is 6.54 Å². The van der Waals surface area contributed by atoms with Gasteiger partial charge >= 0.3 is 0 Å². The highest BCUT2D eigenvalue weighted by atomic mass is 79.9. The molecule has 1 saturated carbocycles. The van der Waals surface area contributed by atoms with Crippen molar-refractivity contribution in [1.82, 2.24) is 4.90 Å². The minimum atomic E-state index is 0.000301. The van der Waals surface area contributed by atoms with Gasteiger partial charge in [-0.2, -0.15) is 0 Å². The summed E-state index contributed by atoms with van der Waals surface area (Å²) in [5.41, 5.74) is 1.27. The second-order valence-corrected chi connectivity index (χ2v) is 7.05. The predicted molar refractivity (Wildman–Crippen MR) is 74.1 cm³/mol. The Bertz CT molecular complexity index is 453. The molecule has 17 heavy (non-hydrogen) atoms. The zero-order valence-electron chi connectivity index (χ0n) is 9.33. The second kappa shape index (κ2) is 4.09. The molecule has 1 aliphatic carbocycles. The van der Waals surface area contributed by atoms with E-state index in [9.17, 15) is 4.79 Å². The van der Waals surface area contributed by atoms with Gasteiger partial charge in [-0.3, -0.25) is 4.79 Å². The highest BCUT2D eigenvalue weighted by Gasteiger charge is 2.53. The summed E-state index contributed by atoms with van der Waals surface area (Å²) in [4.78, 5) is 14.4. The van der Waals surface area contributed by atoms with Gasteiger partial charge in [-0.05, 0) is 30.5 Å². The topological polar surface area (TPSA) is 20.3 Å². The molecular formula is C13H13Br2NO. The zero-order chi connectivity index (χ0) is 12.0. The van der Waals surface area contributed by atoms with E-state index in [2.05, 4.69) is 61.0 Å². The number of carbonyl (C=O) groups is 1. The molecule has 1 aliphatic heterocycles. The average Bonchev–Trinajstić information content (AvgIpc) is 3.01. The molecule has 0 spiro atoms. The smallest absolute Gasteiger partial charge is 0.224 e. The largest absolute Gasteiger partial charge is 0.332 e. The van der Waals surface area contributed by atoms with Crippen LogP contribution in [0.2, 0.25) is 0 Å². The van der Waals surface area contributed by atoms with Gasteiger partial charge in [-0.1, -0.05) is 44.0 Å². The van der Waals surface area contributed by atoms with Crippen molar-refractivity contribution in [2.45, 2.75) is 29.6 Å². The fourth-order valence-electron chi connectivity index (χ4n) is 2.67. The Morgan fingerprint density at radius 1 is 1.24 bits per heavy atom. The fourth-order valence-corrected chi connectivity index (χ4v) is 3.50. The van der Waals surface area contributed by atoms with Crippen LogP contribution in [0.4, 0.5) is 0 Å². The van der Waals surface area contributed by atoms with Crippen molar-refractivity contribution in [3.63, 3.8) is 0 Å². The van der Waals surface area contributed by atoms with E-state index in [1.54, 1.807) is 0 Å². The Hall–Kier alpha value is -0.350. The van der Waals surface area contributed by atoms with Crippen LogP contribution in [0.3, 0.4) is 0 Å². The molecule has 90 valence electrons. The van der Waals surface area contributed by atoms with E-state index >= 15 is 0 Å². The van der Waals surface area contributed by atoms with Gasteiger partial charge < -0.3 is 4.90 Å². The van der Waals surface area contributed by atoms with Crippen LogP contribution in [0.25, 0.3) is 0 Å². The maximum atomic E-state index is 12.0. The summed E-state index contributed by atoms with van der Waals surface area (Å²) in [6.07, 6.45) is 2.83. The van der Waals surface area contributed by atoms with Gasteiger partial charge in [0.15, 0.2) is 0 Å². The number of carbonyl (C=O) groups excluding carboxylic acids is 1. The number of alkyl halides is 1. The molecule has 2 fully saturated rings. The minimum Gasteiger partial charge on any atom is -0.332 e. The van der Waals surface area contributed by atoms with E-state index in [-0.39, 0.29) is 11.4 Å². The van der Waals surface area contributed by atoms with Gasteiger partial charge in [0.25, 0.3) is 0 Å². The van der Waals surface area contributed by atoms with E-state index in [0.29, 0.717) is 11.2 Å². The molecule has 1 aromatic carbocycles. The van der Waals surface area contributed by atoms with Crippen LogP contribution in [-0.4, -0.2) is 22.2 Å². The lowest BCUT2D eigenvalue weighted by Gasteiger charge is -2.28. The molecular weight excluding hydrogens is 346 g/mol. The quantitative estimate of drug-likeness (QED) is 0.741. The Morgan fingerprint density at radius 2 is 1.88 bits per heavy atom. The van der Waals surface area contributed by atoms with Gasteiger partial charge in [-0.25, -0.2) is 0 Å². The lowest BCUT2D eigenvalue weighted by Crippen LogP contribution is -2.36. The first kappa shape index (κ1) is 11.7. The number of rotatable bonds is 2. The first-order valence-electron chi connectivity index (χ1n) is 5.82. The van der Waals surface area contributed by atoms with E-state index in [4.69, 9.17) is 0 Å². The number of benzene rings is 1. The van der Waals surface area contributed by atoms with Crippen molar-refractivity contribution in [1.29, 1.82) is 0 Å². The summed E-state index contributed by atoms with van der Waals surface area (Å²) >= 11 is 7.00. The summed E-state index contributed by atoms with van der Waals surface area (Å²) in [6, 6.07) is 8.38. The third-order valence-electron chi connectivity index (χ3n) is 3.70. The summed E-state index contributed by atoms with van der Waals surface area (Å²) in [7, 11) is 0. The highest BCUT2D eigenvalue weighted by Crippen LogP contribution is 2.52. The summed E-state index contributed by atoms with van der Waals surface area (Å²) < 4.78 is 1.09. The molecule has 2 aliphatic rings. The Morgan fingerprint density at radius 3 is 2.35 bits per heavy atom. The van der Waals surface area contributed by atoms with Crippen LogP contribution in [0.1, 0.15) is 24.8 Å². The number of nitrogens with zero attached hydrogens (tertiary/aromatic N) is 1. The van der Waals surface area contributed by atoms with Crippen LogP contribution < -0.4 is 0 Å². The SMILES string of the molecule is O=C1CC(Br)CN1C1(c2ccc(Br)cc2)CC1. The number of likely N-dealkylation sites (tertiary alicyclic amines) is 1. The molecule has 0 aromatic heterocycles. The molecule has 1 unspecified atom stereocenters. The van der Waals surface area contributed by atoms with Crippen molar-refractivity contribution in [2.24, 2.45) is 0 Å². The van der Waals surface area contributed by atoms with Gasteiger partial charge in [0.05, 0.1) is 5.54 Å². The molecule has 0 N–H and O–H groups in total.